The van der Waals surface area contributed by atoms with E-state index >= 15 is 0 Å². The Morgan fingerprint density at radius 1 is 1.09 bits per heavy atom. The number of benzene rings is 1. The van der Waals surface area contributed by atoms with Crippen molar-refractivity contribution in [2.75, 3.05) is 0 Å². The number of hydrogen-bond donors (Lipinski definition) is 0. The van der Waals surface area contributed by atoms with Crippen molar-refractivity contribution in [3.63, 3.8) is 0 Å². The first-order valence-electron chi connectivity index (χ1n) is 9.45. The van der Waals surface area contributed by atoms with Crippen LogP contribution < -0.4 is 5.19 Å². The Kier molecular flexibility index (Phi) is 2.26. The van der Waals surface area contributed by atoms with Gasteiger partial charge in [-0.05, 0) is 35.5 Å². The van der Waals surface area contributed by atoms with Crippen molar-refractivity contribution in [3.05, 3.63) is 54.8 Å². The first-order chi connectivity index (χ1) is 12.7. The number of nitrogens with zero attached hydrogens (tertiary/aromatic N) is 2. The van der Waals surface area contributed by atoms with Crippen LogP contribution >= 0.6 is 0 Å². The van der Waals surface area contributed by atoms with Crippen molar-refractivity contribution in [3.8, 4) is 11.3 Å². The predicted octanol–water partition coefficient (Wildman–Crippen LogP) is 4.59. The fourth-order valence-corrected chi connectivity index (χ4v) is 4.47. The Hall–Kier alpha value is -2.46. The molecule has 0 bridgehead atoms. The normalized spacial score (nSPS) is 14.6. The molecule has 23 heavy (non-hydrogen) atoms. The molecule has 3 nitrogen and oxygen atoms in total. The van der Waals surface area contributed by atoms with E-state index in [1.165, 1.54) is 5.19 Å². The molecule has 0 amide bonds. The zero-order valence-corrected chi connectivity index (χ0v) is 14.2. The van der Waals surface area contributed by atoms with Crippen molar-refractivity contribution in [2.24, 2.45) is 0 Å². The molecule has 0 atom stereocenters. The van der Waals surface area contributed by atoms with Gasteiger partial charge in [-0.1, -0.05) is 31.7 Å². The summed E-state index contributed by atoms with van der Waals surface area (Å²) >= 11 is 0. The highest BCUT2D eigenvalue weighted by Crippen LogP contribution is 2.34. The van der Waals surface area contributed by atoms with Crippen LogP contribution in [0.1, 0.15) is 5.48 Å². The van der Waals surface area contributed by atoms with Gasteiger partial charge >= 0.3 is 0 Å². The second-order valence-electron chi connectivity index (χ2n) is 6.52. The summed E-state index contributed by atoms with van der Waals surface area (Å²) in [6.07, 6.45) is 1.36. The molecule has 114 valence electrons. The van der Waals surface area contributed by atoms with Gasteiger partial charge in [0.15, 0.2) is 0 Å². The third-order valence-corrected chi connectivity index (χ3v) is 5.96. The van der Waals surface area contributed by atoms with Crippen LogP contribution in [-0.4, -0.2) is 18.0 Å². The van der Waals surface area contributed by atoms with Gasteiger partial charge in [0.1, 0.15) is 5.58 Å². The van der Waals surface area contributed by atoms with E-state index in [9.17, 15) is 0 Å². The van der Waals surface area contributed by atoms with Crippen molar-refractivity contribution in [2.45, 2.75) is 19.6 Å². The molecule has 0 saturated carbocycles. The highest BCUT2D eigenvalue weighted by Gasteiger charge is 2.24. The minimum absolute atomic E-state index is 0.175. The van der Waals surface area contributed by atoms with E-state index in [0.29, 0.717) is 16.9 Å². The van der Waals surface area contributed by atoms with Gasteiger partial charge in [-0.3, -0.25) is 4.98 Å². The monoisotopic (exact) mass is 322 g/mol. The molecule has 4 rings (SSSR count). The second kappa shape index (κ2) is 5.03. The van der Waals surface area contributed by atoms with Crippen LogP contribution in [0.2, 0.25) is 19.6 Å². The topological polar surface area (TPSA) is 38.9 Å². The average molecular weight is 322 g/mol. The summed E-state index contributed by atoms with van der Waals surface area (Å²) in [6, 6.07) is 6.90. The molecule has 3 aromatic heterocycles. The minimum atomic E-state index is -1.71. The first-order valence-corrected chi connectivity index (χ1v) is 11.0. The number of rotatable bonds is 2. The SMILES string of the molecule is [2H]c1nc(-c2ccc([Si](C)(C)C)c3c2oc2ncccc23)c([2H])c([2H])c1[2H]. The number of furan rings is 1. The van der Waals surface area contributed by atoms with Gasteiger partial charge in [-0.2, -0.15) is 0 Å². The molecule has 0 aliphatic heterocycles. The number of pyridine rings is 2. The maximum Gasteiger partial charge on any atom is 0.227 e. The van der Waals surface area contributed by atoms with Crippen LogP contribution in [0.4, 0.5) is 0 Å². The van der Waals surface area contributed by atoms with E-state index in [4.69, 9.17) is 9.90 Å². The Labute approximate surface area is 141 Å². The zero-order chi connectivity index (χ0) is 19.5. The van der Waals surface area contributed by atoms with Crippen LogP contribution in [0, 0.1) is 0 Å². The molecule has 1 aromatic carbocycles. The summed E-state index contributed by atoms with van der Waals surface area (Å²) in [5.41, 5.74) is 1.82. The number of hydrogen-bond acceptors (Lipinski definition) is 3. The van der Waals surface area contributed by atoms with Crippen molar-refractivity contribution >= 4 is 35.3 Å². The molecular weight excluding hydrogens is 300 g/mol. The molecule has 4 heteroatoms. The van der Waals surface area contributed by atoms with Gasteiger partial charge in [-0.25, -0.2) is 4.98 Å². The lowest BCUT2D eigenvalue weighted by molar-refractivity contribution is 0.655. The van der Waals surface area contributed by atoms with E-state index in [1.807, 2.05) is 24.3 Å². The molecule has 4 aromatic rings. The van der Waals surface area contributed by atoms with E-state index in [-0.39, 0.29) is 30.0 Å². The lowest BCUT2D eigenvalue weighted by Gasteiger charge is -2.18. The van der Waals surface area contributed by atoms with Crippen molar-refractivity contribution in [1.29, 1.82) is 0 Å². The van der Waals surface area contributed by atoms with Crippen LogP contribution in [-0.2, 0) is 0 Å². The molecule has 0 spiro atoms. The lowest BCUT2D eigenvalue weighted by atomic mass is 10.1. The van der Waals surface area contributed by atoms with E-state index < -0.39 is 8.07 Å². The highest BCUT2D eigenvalue weighted by molar-refractivity contribution is 6.90. The molecule has 0 unspecified atom stereocenters. The molecule has 0 saturated heterocycles. The van der Waals surface area contributed by atoms with Gasteiger partial charge in [-0.15, -0.1) is 0 Å². The molecule has 0 aliphatic rings. The maximum absolute atomic E-state index is 8.25. The molecular formula is C19H18N2OSi. The number of aromatic nitrogens is 2. The van der Waals surface area contributed by atoms with E-state index in [2.05, 4.69) is 29.6 Å². The molecule has 0 aliphatic carbocycles. The minimum Gasteiger partial charge on any atom is -0.437 e. The van der Waals surface area contributed by atoms with Crippen LogP contribution in [0.5, 0.6) is 0 Å². The predicted molar refractivity (Wildman–Crippen MR) is 97.7 cm³/mol. The molecule has 0 radical (unpaired) electrons. The average Bonchev–Trinajstić information content (AvgIpc) is 3.01. The van der Waals surface area contributed by atoms with Gasteiger partial charge in [0.2, 0.25) is 5.71 Å². The number of fused-ring (bicyclic) bond motifs is 3. The van der Waals surface area contributed by atoms with E-state index in [1.54, 1.807) is 6.20 Å². The Balaban J connectivity index is 2.17. The van der Waals surface area contributed by atoms with Crippen LogP contribution in [0.25, 0.3) is 33.3 Å². The van der Waals surface area contributed by atoms with Gasteiger partial charge in [0, 0.05) is 28.7 Å². The summed E-state index contributed by atoms with van der Waals surface area (Å²) in [5.74, 6) is 0. The molecule has 0 fully saturated rings. The summed E-state index contributed by atoms with van der Waals surface area (Å²) in [7, 11) is -1.71. The first kappa shape index (κ1) is 10.3. The summed E-state index contributed by atoms with van der Waals surface area (Å²) in [5, 5.41) is 3.09. The summed E-state index contributed by atoms with van der Waals surface area (Å²) < 4.78 is 37.9. The largest absolute Gasteiger partial charge is 0.437 e. The fraction of sp³-hybridized carbons (Fsp3) is 0.158. The second-order valence-corrected chi connectivity index (χ2v) is 11.6. The Morgan fingerprint density at radius 3 is 2.78 bits per heavy atom. The Morgan fingerprint density at radius 2 is 1.96 bits per heavy atom. The van der Waals surface area contributed by atoms with Crippen molar-refractivity contribution < 1.29 is 9.90 Å². The third kappa shape index (κ3) is 2.26. The Bertz CT molecular complexity index is 1210. The standard InChI is InChI=1S/C19H18N2OSi/c1-23(2,3)16-10-9-13(15-8-4-5-11-20-15)18-17(16)14-7-6-12-21-19(14)22-18/h4-12H,1-3H3/i4D,5D,8D,11D. The highest BCUT2D eigenvalue weighted by atomic mass is 28.3. The van der Waals surface area contributed by atoms with Gasteiger partial charge < -0.3 is 4.42 Å². The summed E-state index contributed by atoms with van der Waals surface area (Å²) in [4.78, 5) is 8.44. The fourth-order valence-electron chi connectivity index (χ4n) is 2.88. The molecule has 0 N–H and O–H groups in total. The van der Waals surface area contributed by atoms with Gasteiger partial charge in [0.05, 0.1) is 19.3 Å². The third-order valence-electron chi connectivity index (χ3n) is 3.93. The van der Waals surface area contributed by atoms with Crippen LogP contribution in [0.3, 0.4) is 0 Å². The van der Waals surface area contributed by atoms with Crippen LogP contribution in [0.15, 0.2) is 59.2 Å². The zero-order valence-electron chi connectivity index (χ0n) is 17.2. The van der Waals surface area contributed by atoms with Gasteiger partial charge in [0.25, 0.3) is 0 Å². The summed E-state index contributed by atoms with van der Waals surface area (Å²) in [6.45, 7) is 6.76. The van der Waals surface area contributed by atoms with E-state index in [0.717, 1.165) is 10.8 Å². The molecule has 3 heterocycles. The van der Waals surface area contributed by atoms with Crippen molar-refractivity contribution in [1.82, 2.24) is 9.97 Å². The smallest absolute Gasteiger partial charge is 0.227 e. The quantitative estimate of drug-likeness (QED) is 0.507. The maximum atomic E-state index is 8.25. The lowest BCUT2D eigenvalue weighted by Crippen LogP contribution is -2.37.